The molecule has 2 N–H and O–H groups in total. The topological polar surface area (TPSA) is 40.5 Å². The average molecular weight is 300 g/mol. The minimum Gasteiger partial charge on any atom is -0.509 e. The summed E-state index contributed by atoms with van der Waals surface area (Å²) in [6, 6.07) is 7.38. The summed E-state index contributed by atoms with van der Waals surface area (Å²) in [6.07, 6.45) is 1.08. The molecule has 0 amide bonds. The summed E-state index contributed by atoms with van der Waals surface area (Å²) in [6.45, 7) is 5.97. The number of phenols is 2. The van der Waals surface area contributed by atoms with Crippen molar-refractivity contribution in [2.24, 2.45) is 0 Å². The molecule has 0 atom stereocenters. The highest BCUT2D eigenvalue weighted by molar-refractivity contribution is 6.41. The Morgan fingerprint density at radius 1 is 0.913 bits per heavy atom. The Bertz CT molecular complexity index is 716. The monoisotopic (exact) mass is 300 g/mol. The first-order valence-electron chi connectivity index (χ1n) is 7.60. The van der Waals surface area contributed by atoms with Gasteiger partial charge < -0.3 is 10.2 Å². The van der Waals surface area contributed by atoms with E-state index in [-0.39, 0.29) is 16.7 Å². The molecule has 23 heavy (non-hydrogen) atoms. The van der Waals surface area contributed by atoms with Gasteiger partial charge in [-0.25, -0.2) is 0 Å². The minimum atomic E-state index is -0.391. The second kappa shape index (κ2) is 6.39. The summed E-state index contributed by atoms with van der Waals surface area (Å²) >= 11 is 0. The second-order valence-electron chi connectivity index (χ2n) is 6.47. The van der Waals surface area contributed by atoms with E-state index < -0.39 is 5.41 Å². The molecule has 0 fully saturated rings. The first-order chi connectivity index (χ1) is 10.7. The van der Waals surface area contributed by atoms with Crippen LogP contribution >= 0.6 is 0 Å². The Morgan fingerprint density at radius 2 is 1.43 bits per heavy atom. The molecule has 0 aliphatic heterocycles. The Balaban J connectivity index is 2.59. The molecular weight excluding hydrogens is 281 g/mol. The molecule has 5 heteroatoms. The van der Waals surface area contributed by atoms with Crippen molar-refractivity contribution in [1.29, 1.82) is 0 Å². The summed E-state index contributed by atoms with van der Waals surface area (Å²) in [7, 11) is 17.3. The predicted octanol–water partition coefficient (Wildman–Crippen LogP) is 1.45. The zero-order chi connectivity index (χ0) is 17.4. The van der Waals surface area contributed by atoms with E-state index in [0.29, 0.717) is 18.5 Å². The predicted molar refractivity (Wildman–Crippen MR) is 98.1 cm³/mol. The lowest BCUT2D eigenvalue weighted by molar-refractivity contribution is 0.463. The van der Waals surface area contributed by atoms with Gasteiger partial charge in [-0.15, -0.1) is 0 Å². The van der Waals surface area contributed by atoms with Gasteiger partial charge >= 0.3 is 0 Å². The van der Waals surface area contributed by atoms with Crippen LogP contribution in [-0.2, 0) is 11.8 Å². The zero-order valence-electron chi connectivity index (χ0n) is 13.9. The molecule has 2 aromatic carbocycles. The summed E-state index contributed by atoms with van der Waals surface area (Å²) in [5, 5.41) is 20.0. The third kappa shape index (κ3) is 3.29. The maximum absolute atomic E-state index is 10.2. The van der Waals surface area contributed by atoms with Crippen molar-refractivity contribution >= 4 is 34.5 Å². The number of benzene rings is 2. The van der Waals surface area contributed by atoms with Crippen molar-refractivity contribution in [3.63, 3.8) is 0 Å². The molecule has 2 rings (SSSR count). The van der Waals surface area contributed by atoms with Gasteiger partial charge in [0.15, 0.2) is 0 Å². The third-order valence-electron chi connectivity index (χ3n) is 4.41. The van der Waals surface area contributed by atoms with Gasteiger partial charge in [0.1, 0.15) is 27.2 Å². The molecule has 0 heterocycles. The number of aromatic hydroxyl groups is 2. The van der Waals surface area contributed by atoms with E-state index in [1.165, 1.54) is 0 Å². The quantitative estimate of drug-likeness (QED) is 0.839. The lowest BCUT2D eigenvalue weighted by Gasteiger charge is -2.29. The van der Waals surface area contributed by atoms with Gasteiger partial charge in [-0.05, 0) is 35.6 Å². The standard InChI is InChI=1S/C18H19B3O2/c1-10-6-12(7-11(4-5-19)16(10)22)18(2,3)13-8-14(20)17(23)15(21)9-13/h6-9,22-23H,4-5H2,1-3H3. The van der Waals surface area contributed by atoms with Gasteiger partial charge in [0.2, 0.25) is 0 Å². The fourth-order valence-corrected chi connectivity index (χ4v) is 2.77. The van der Waals surface area contributed by atoms with Crippen LogP contribution in [0.5, 0.6) is 11.5 Å². The fourth-order valence-electron chi connectivity index (χ4n) is 2.77. The van der Waals surface area contributed by atoms with E-state index in [0.717, 1.165) is 22.3 Å². The highest BCUT2D eigenvalue weighted by Crippen LogP contribution is 2.35. The second-order valence-corrected chi connectivity index (χ2v) is 6.47. The number of hydrogen-bond donors (Lipinski definition) is 2. The van der Waals surface area contributed by atoms with Crippen molar-refractivity contribution in [2.75, 3.05) is 0 Å². The van der Waals surface area contributed by atoms with E-state index in [1.807, 2.05) is 19.1 Å². The van der Waals surface area contributed by atoms with Gasteiger partial charge in [-0.2, -0.15) is 0 Å². The Hall–Kier alpha value is -1.77. The van der Waals surface area contributed by atoms with Crippen LogP contribution in [0.2, 0.25) is 6.32 Å². The van der Waals surface area contributed by atoms with Crippen LogP contribution in [-0.4, -0.2) is 33.8 Å². The lowest BCUT2D eigenvalue weighted by atomic mass is 9.72. The number of phenolic OH excluding ortho intramolecular Hbond substituents is 2. The Morgan fingerprint density at radius 3 is 1.96 bits per heavy atom. The fraction of sp³-hybridized carbons (Fsp3) is 0.333. The van der Waals surface area contributed by atoms with Crippen LogP contribution in [0.4, 0.5) is 0 Å². The average Bonchev–Trinajstić information content (AvgIpc) is 2.48. The largest absolute Gasteiger partial charge is 0.509 e. The Kier molecular flexibility index (Phi) is 4.88. The van der Waals surface area contributed by atoms with Gasteiger partial charge in [-0.1, -0.05) is 55.4 Å². The van der Waals surface area contributed by atoms with Crippen LogP contribution in [0.3, 0.4) is 0 Å². The molecule has 112 valence electrons. The van der Waals surface area contributed by atoms with Crippen molar-refractivity contribution in [3.8, 4) is 11.5 Å². The number of rotatable bonds is 4. The summed E-state index contributed by atoms with van der Waals surface area (Å²) in [5.41, 5.74) is 3.68. The third-order valence-corrected chi connectivity index (χ3v) is 4.41. The van der Waals surface area contributed by atoms with E-state index in [4.69, 9.17) is 23.5 Å². The maximum Gasteiger partial charge on any atom is 0.121 e. The van der Waals surface area contributed by atoms with E-state index >= 15 is 0 Å². The molecule has 0 spiro atoms. The normalized spacial score (nSPS) is 11.6. The Labute approximate surface area is 142 Å². The molecule has 0 aliphatic carbocycles. The van der Waals surface area contributed by atoms with Crippen LogP contribution in [0.15, 0.2) is 24.3 Å². The molecule has 0 saturated carbocycles. The van der Waals surface area contributed by atoms with Gasteiger partial charge in [-0.3, -0.25) is 0 Å². The summed E-state index contributed by atoms with van der Waals surface area (Å²) in [5.74, 6) is 0.204. The molecule has 2 aromatic rings. The van der Waals surface area contributed by atoms with Crippen molar-refractivity contribution in [3.05, 3.63) is 46.5 Å². The zero-order valence-corrected chi connectivity index (χ0v) is 13.9. The van der Waals surface area contributed by atoms with Gasteiger partial charge in [0.25, 0.3) is 0 Å². The van der Waals surface area contributed by atoms with Crippen LogP contribution < -0.4 is 10.9 Å². The molecule has 2 nitrogen and oxygen atoms in total. The SMILES string of the molecule is [B]CCc1cc(C(C)(C)c2cc([B])c(O)c([B])c2)cc(C)c1O. The molecular formula is C18H19B3O2. The molecule has 0 unspecified atom stereocenters. The van der Waals surface area contributed by atoms with Gasteiger partial charge in [0.05, 0.1) is 7.85 Å². The van der Waals surface area contributed by atoms with Crippen molar-refractivity contribution < 1.29 is 10.2 Å². The molecule has 0 aromatic heterocycles. The maximum atomic E-state index is 10.2. The first-order valence-corrected chi connectivity index (χ1v) is 7.60. The van der Waals surface area contributed by atoms with Crippen molar-refractivity contribution in [2.45, 2.75) is 38.9 Å². The lowest BCUT2D eigenvalue weighted by Crippen LogP contribution is -2.25. The van der Waals surface area contributed by atoms with Crippen LogP contribution in [0.1, 0.15) is 36.1 Å². The number of hydrogen-bond acceptors (Lipinski definition) is 2. The van der Waals surface area contributed by atoms with E-state index in [1.54, 1.807) is 12.1 Å². The first kappa shape index (κ1) is 17.6. The van der Waals surface area contributed by atoms with Crippen LogP contribution in [0.25, 0.3) is 0 Å². The van der Waals surface area contributed by atoms with E-state index in [2.05, 4.69) is 13.8 Å². The minimum absolute atomic E-state index is 0.0877. The molecule has 0 saturated heterocycles. The van der Waals surface area contributed by atoms with Crippen molar-refractivity contribution in [1.82, 2.24) is 0 Å². The molecule has 0 aliphatic rings. The smallest absolute Gasteiger partial charge is 0.121 e. The number of aryl methyl sites for hydroxylation is 2. The molecule has 0 bridgehead atoms. The highest BCUT2D eigenvalue weighted by atomic mass is 16.3. The van der Waals surface area contributed by atoms with Crippen LogP contribution in [0, 0.1) is 6.92 Å². The highest BCUT2D eigenvalue weighted by Gasteiger charge is 2.26. The van der Waals surface area contributed by atoms with Gasteiger partial charge in [0, 0.05) is 5.41 Å². The molecule has 6 radical (unpaired) electrons. The summed E-state index contributed by atoms with van der Waals surface area (Å²) < 4.78 is 0. The summed E-state index contributed by atoms with van der Waals surface area (Å²) in [4.78, 5) is 0. The van der Waals surface area contributed by atoms with E-state index in [9.17, 15) is 10.2 Å².